The van der Waals surface area contributed by atoms with E-state index in [0.717, 1.165) is 33.1 Å². The van der Waals surface area contributed by atoms with E-state index in [2.05, 4.69) is 69.7 Å². The molecule has 1 aromatic heterocycles. The maximum Gasteiger partial charge on any atom is 0.244 e. The van der Waals surface area contributed by atoms with Gasteiger partial charge in [-0.15, -0.1) is 11.3 Å². The van der Waals surface area contributed by atoms with E-state index in [4.69, 9.17) is 0 Å². The predicted molar refractivity (Wildman–Crippen MR) is 114 cm³/mol. The molecule has 0 saturated carbocycles. The van der Waals surface area contributed by atoms with Crippen molar-refractivity contribution in [3.8, 4) is 0 Å². The van der Waals surface area contributed by atoms with Gasteiger partial charge >= 0.3 is 0 Å². The number of rotatable bonds is 4. The van der Waals surface area contributed by atoms with Crippen LogP contribution in [0.3, 0.4) is 0 Å². The molecule has 0 unspecified atom stereocenters. The van der Waals surface area contributed by atoms with Gasteiger partial charge in [0.15, 0.2) is 0 Å². The van der Waals surface area contributed by atoms with Gasteiger partial charge in [-0.05, 0) is 46.8 Å². The normalized spacial score (nSPS) is 14.6. The number of carbonyl (C=O) groups excluding carboxylic acids is 1. The number of nitrogens with one attached hydrogen (secondary N) is 1. The lowest BCUT2D eigenvalue weighted by Crippen LogP contribution is -2.37. The van der Waals surface area contributed by atoms with Gasteiger partial charge in [0.1, 0.15) is 5.41 Å². The zero-order valence-electron chi connectivity index (χ0n) is 16.0. The van der Waals surface area contributed by atoms with E-state index in [1.54, 1.807) is 11.3 Å². The molecular weight excluding hydrogens is 354 g/mol. The summed E-state index contributed by atoms with van der Waals surface area (Å²) in [6, 6.07) is 18.6. The second-order valence-electron chi connectivity index (χ2n) is 7.25. The number of thiophene rings is 1. The lowest BCUT2D eigenvalue weighted by atomic mass is 9.71. The van der Waals surface area contributed by atoms with Gasteiger partial charge in [-0.2, -0.15) is 0 Å². The van der Waals surface area contributed by atoms with Crippen molar-refractivity contribution in [3.05, 3.63) is 76.7 Å². The SMILES string of the molecule is CN(C)c1ccc(C2(c3ccc(N(C)C)cc3)C(=O)Nc3sccc32)cc1. The Morgan fingerprint density at radius 2 is 1.26 bits per heavy atom. The van der Waals surface area contributed by atoms with Crippen LogP contribution >= 0.6 is 11.3 Å². The number of carbonyl (C=O) groups is 1. The smallest absolute Gasteiger partial charge is 0.244 e. The number of anilines is 3. The number of fused-ring (bicyclic) bond motifs is 1. The molecule has 0 bridgehead atoms. The summed E-state index contributed by atoms with van der Waals surface area (Å²) in [4.78, 5) is 17.5. The van der Waals surface area contributed by atoms with Crippen LogP contribution in [0.1, 0.15) is 16.7 Å². The summed E-state index contributed by atoms with van der Waals surface area (Å²) in [5.41, 5.74) is 4.42. The standard InChI is InChI=1S/C22H23N3OS/c1-24(2)17-9-5-15(6-10-17)22(16-7-11-18(12-8-16)25(3)4)19-13-14-27-20(19)23-21(22)26/h5-14H,1-4H3,(H,23,26). The largest absolute Gasteiger partial charge is 0.378 e. The molecule has 0 spiro atoms. The van der Waals surface area contributed by atoms with Gasteiger partial charge in [-0.3, -0.25) is 4.79 Å². The highest BCUT2D eigenvalue weighted by Gasteiger charge is 2.50. The minimum Gasteiger partial charge on any atom is -0.378 e. The molecule has 1 aliphatic rings. The molecule has 27 heavy (non-hydrogen) atoms. The van der Waals surface area contributed by atoms with Crippen molar-refractivity contribution in [2.75, 3.05) is 43.3 Å². The zero-order valence-corrected chi connectivity index (χ0v) is 16.8. The highest BCUT2D eigenvalue weighted by atomic mass is 32.1. The first kappa shape index (κ1) is 17.6. The zero-order chi connectivity index (χ0) is 19.2. The first-order valence-electron chi connectivity index (χ1n) is 8.89. The molecule has 2 aromatic carbocycles. The minimum absolute atomic E-state index is 0.0135. The summed E-state index contributed by atoms with van der Waals surface area (Å²) >= 11 is 1.58. The molecule has 1 N–H and O–H groups in total. The minimum atomic E-state index is -0.814. The Bertz CT molecular complexity index is 920. The van der Waals surface area contributed by atoms with E-state index >= 15 is 0 Å². The van der Waals surface area contributed by atoms with Crippen molar-refractivity contribution in [3.63, 3.8) is 0 Å². The third-order valence-electron chi connectivity index (χ3n) is 5.27. The lowest BCUT2D eigenvalue weighted by Gasteiger charge is -2.29. The molecule has 1 amide bonds. The van der Waals surface area contributed by atoms with Gasteiger partial charge in [0, 0.05) is 45.1 Å². The fourth-order valence-electron chi connectivity index (χ4n) is 3.78. The Balaban J connectivity index is 1.93. The van der Waals surface area contributed by atoms with Gasteiger partial charge in [0.05, 0.1) is 5.00 Å². The topological polar surface area (TPSA) is 35.6 Å². The van der Waals surface area contributed by atoms with Gasteiger partial charge in [0.2, 0.25) is 5.91 Å². The Kier molecular flexibility index (Phi) is 4.19. The maximum absolute atomic E-state index is 13.3. The van der Waals surface area contributed by atoms with Crippen LogP contribution in [0.5, 0.6) is 0 Å². The highest BCUT2D eigenvalue weighted by molar-refractivity contribution is 7.14. The van der Waals surface area contributed by atoms with E-state index < -0.39 is 5.41 Å². The quantitative estimate of drug-likeness (QED) is 0.741. The maximum atomic E-state index is 13.3. The number of amides is 1. The molecule has 5 heteroatoms. The van der Waals surface area contributed by atoms with Crippen molar-refractivity contribution in [1.29, 1.82) is 0 Å². The van der Waals surface area contributed by atoms with Gasteiger partial charge in [-0.1, -0.05) is 24.3 Å². The summed E-state index contributed by atoms with van der Waals surface area (Å²) in [6.07, 6.45) is 0. The fourth-order valence-corrected chi connectivity index (χ4v) is 4.62. The predicted octanol–water partition coefficient (Wildman–Crippen LogP) is 4.17. The molecule has 0 radical (unpaired) electrons. The summed E-state index contributed by atoms with van der Waals surface area (Å²) in [7, 11) is 8.07. The number of nitrogens with zero attached hydrogens (tertiary/aromatic N) is 2. The molecular formula is C22H23N3OS. The average molecular weight is 378 g/mol. The summed E-state index contributed by atoms with van der Waals surface area (Å²) in [6.45, 7) is 0. The Labute approximate surface area is 164 Å². The van der Waals surface area contributed by atoms with Crippen LogP contribution in [0.2, 0.25) is 0 Å². The molecule has 138 valence electrons. The number of hydrogen-bond donors (Lipinski definition) is 1. The molecule has 4 rings (SSSR count). The molecule has 0 aliphatic carbocycles. The second kappa shape index (κ2) is 6.43. The summed E-state index contributed by atoms with van der Waals surface area (Å²) in [5, 5.41) is 6.08. The van der Waals surface area contributed by atoms with Crippen LogP contribution in [0.4, 0.5) is 16.4 Å². The van der Waals surface area contributed by atoms with Crippen LogP contribution in [0.25, 0.3) is 0 Å². The van der Waals surface area contributed by atoms with Crippen molar-refractivity contribution in [2.24, 2.45) is 0 Å². The molecule has 3 aromatic rings. The first-order valence-corrected chi connectivity index (χ1v) is 9.77. The average Bonchev–Trinajstić information content (AvgIpc) is 3.21. The van der Waals surface area contributed by atoms with E-state index in [1.165, 1.54) is 0 Å². The first-order chi connectivity index (χ1) is 12.9. The second-order valence-corrected chi connectivity index (χ2v) is 8.17. The molecule has 2 heterocycles. The van der Waals surface area contributed by atoms with Gasteiger partial charge in [-0.25, -0.2) is 0 Å². The number of benzene rings is 2. The monoisotopic (exact) mass is 377 g/mol. The summed E-state index contributed by atoms with van der Waals surface area (Å²) in [5.74, 6) is 0.0135. The van der Waals surface area contributed by atoms with E-state index in [-0.39, 0.29) is 5.91 Å². The van der Waals surface area contributed by atoms with Crippen LogP contribution < -0.4 is 15.1 Å². The van der Waals surface area contributed by atoms with E-state index in [9.17, 15) is 4.79 Å². The third-order valence-corrected chi connectivity index (χ3v) is 6.10. The van der Waals surface area contributed by atoms with Crippen LogP contribution in [-0.4, -0.2) is 34.1 Å². The molecule has 0 atom stereocenters. The van der Waals surface area contributed by atoms with Crippen LogP contribution in [0, 0.1) is 0 Å². The highest BCUT2D eigenvalue weighted by Crippen LogP contribution is 2.50. The molecule has 1 aliphatic heterocycles. The van der Waals surface area contributed by atoms with Crippen LogP contribution in [-0.2, 0) is 10.2 Å². The Morgan fingerprint density at radius 1 is 0.778 bits per heavy atom. The molecule has 0 saturated heterocycles. The van der Waals surface area contributed by atoms with Gasteiger partial charge < -0.3 is 15.1 Å². The van der Waals surface area contributed by atoms with E-state index in [0.29, 0.717) is 0 Å². The summed E-state index contributed by atoms with van der Waals surface area (Å²) < 4.78 is 0. The van der Waals surface area contributed by atoms with Crippen molar-refractivity contribution < 1.29 is 4.79 Å². The lowest BCUT2D eigenvalue weighted by molar-refractivity contribution is -0.118. The van der Waals surface area contributed by atoms with Crippen molar-refractivity contribution in [2.45, 2.75) is 5.41 Å². The molecule has 4 nitrogen and oxygen atoms in total. The van der Waals surface area contributed by atoms with Gasteiger partial charge in [0.25, 0.3) is 0 Å². The Morgan fingerprint density at radius 3 is 1.70 bits per heavy atom. The van der Waals surface area contributed by atoms with E-state index in [1.807, 2.05) is 33.6 Å². The molecule has 0 fully saturated rings. The number of hydrogen-bond acceptors (Lipinski definition) is 4. The Hall–Kier alpha value is -2.79. The van der Waals surface area contributed by atoms with Crippen molar-refractivity contribution in [1.82, 2.24) is 0 Å². The van der Waals surface area contributed by atoms with Crippen molar-refractivity contribution >= 4 is 33.6 Å². The third kappa shape index (κ3) is 2.61. The van der Waals surface area contributed by atoms with Crippen LogP contribution in [0.15, 0.2) is 60.0 Å². The fraction of sp³-hybridized carbons (Fsp3) is 0.227.